The van der Waals surface area contributed by atoms with Crippen molar-refractivity contribution >= 4 is 34.3 Å². The first-order valence-electron chi connectivity index (χ1n) is 11.9. The van der Waals surface area contributed by atoms with Crippen LogP contribution in [-0.4, -0.2) is 31.1 Å². The Morgan fingerprint density at radius 2 is 1.75 bits per heavy atom. The second-order valence-electron chi connectivity index (χ2n) is 9.07. The molecule has 2 heterocycles. The molecule has 5 aromatic rings. The lowest BCUT2D eigenvalue weighted by atomic mass is 10.1. The number of thioether (sulfide) groups is 1. The Kier molecular flexibility index (Phi) is 6.61. The Labute approximate surface area is 213 Å². The molecule has 7 nitrogen and oxygen atoms in total. The molecule has 36 heavy (non-hydrogen) atoms. The molecule has 0 unspecified atom stereocenters. The van der Waals surface area contributed by atoms with Gasteiger partial charge >= 0.3 is 0 Å². The molecule has 8 heteroatoms. The van der Waals surface area contributed by atoms with Gasteiger partial charge in [-0.15, -0.1) is 10.2 Å². The van der Waals surface area contributed by atoms with Crippen LogP contribution < -0.4 is 10.9 Å². The highest BCUT2D eigenvalue weighted by Gasteiger charge is 2.19. The van der Waals surface area contributed by atoms with Gasteiger partial charge in [-0.25, -0.2) is 0 Å². The molecule has 0 aliphatic heterocycles. The Bertz CT molecular complexity index is 1620. The summed E-state index contributed by atoms with van der Waals surface area (Å²) in [6, 6.07) is 23.2. The third-order valence-electron chi connectivity index (χ3n) is 6.06. The third-order valence-corrected chi connectivity index (χ3v) is 7.03. The van der Waals surface area contributed by atoms with E-state index in [9.17, 15) is 9.59 Å². The van der Waals surface area contributed by atoms with Gasteiger partial charge in [0.2, 0.25) is 5.78 Å². The highest BCUT2D eigenvalue weighted by Crippen LogP contribution is 2.26. The fourth-order valence-electron chi connectivity index (χ4n) is 4.18. The standard InChI is InChI=1S/C28H27N5O2S/c1-18(2)29-25(34)21-13-14-23-24(15-21)33-27(32(26(23)35)16-20-10-5-4-6-11-20)30-31-28(33)36-17-22-12-8-7-9-19(22)3/h4-15,18H,16-17H2,1-3H3,(H,29,34). The largest absolute Gasteiger partial charge is 0.350 e. The number of amides is 1. The van der Waals surface area contributed by atoms with E-state index >= 15 is 0 Å². The van der Waals surface area contributed by atoms with Crippen LogP contribution >= 0.6 is 11.8 Å². The number of carbonyl (C=O) groups is 1. The molecule has 0 fully saturated rings. The van der Waals surface area contributed by atoms with Crippen molar-refractivity contribution in [3.8, 4) is 0 Å². The van der Waals surface area contributed by atoms with E-state index in [0.29, 0.717) is 39.7 Å². The van der Waals surface area contributed by atoms with E-state index in [-0.39, 0.29) is 17.5 Å². The van der Waals surface area contributed by atoms with Gasteiger partial charge in [-0.2, -0.15) is 0 Å². The summed E-state index contributed by atoms with van der Waals surface area (Å²) < 4.78 is 3.55. The molecule has 2 aromatic heterocycles. The minimum atomic E-state index is -0.185. The smallest absolute Gasteiger partial charge is 0.263 e. The second-order valence-corrected chi connectivity index (χ2v) is 10.0. The van der Waals surface area contributed by atoms with Crippen molar-refractivity contribution in [3.05, 3.63) is 105 Å². The first-order valence-corrected chi connectivity index (χ1v) is 12.8. The first kappa shape index (κ1) is 23.8. The molecule has 3 aromatic carbocycles. The number of rotatable bonds is 7. The van der Waals surface area contributed by atoms with Gasteiger partial charge in [0.25, 0.3) is 11.5 Å². The number of hydrogen-bond donors (Lipinski definition) is 1. The van der Waals surface area contributed by atoms with Gasteiger partial charge < -0.3 is 5.32 Å². The lowest BCUT2D eigenvalue weighted by Gasteiger charge is -2.13. The van der Waals surface area contributed by atoms with E-state index < -0.39 is 0 Å². The lowest BCUT2D eigenvalue weighted by Crippen LogP contribution is -2.30. The van der Waals surface area contributed by atoms with E-state index in [0.717, 1.165) is 5.56 Å². The molecule has 1 amide bonds. The zero-order chi connectivity index (χ0) is 25.2. The minimum absolute atomic E-state index is 0.00206. The van der Waals surface area contributed by atoms with Crippen molar-refractivity contribution < 1.29 is 4.79 Å². The van der Waals surface area contributed by atoms with Crippen LogP contribution in [0, 0.1) is 6.92 Å². The average Bonchev–Trinajstić information content (AvgIpc) is 3.30. The number of nitrogens with one attached hydrogen (secondary N) is 1. The fraction of sp³-hybridized carbons (Fsp3) is 0.214. The van der Waals surface area contributed by atoms with Crippen molar-refractivity contribution in [2.75, 3.05) is 0 Å². The molecule has 0 spiro atoms. The van der Waals surface area contributed by atoms with Crippen molar-refractivity contribution in [2.24, 2.45) is 0 Å². The summed E-state index contributed by atoms with van der Waals surface area (Å²) in [5, 5.41) is 13.0. The Balaban J connectivity index is 1.68. The molecule has 5 rings (SSSR count). The normalized spacial score (nSPS) is 11.4. The molecule has 0 aliphatic rings. The number of carbonyl (C=O) groups excluding carboxylic acids is 1. The van der Waals surface area contributed by atoms with Crippen molar-refractivity contribution in [1.82, 2.24) is 24.5 Å². The average molecular weight is 498 g/mol. The van der Waals surface area contributed by atoms with E-state index in [2.05, 4.69) is 34.6 Å². The molecule has 0 radical (unpaired) electrons. The molecule has 0 atom stereocenters. The number of nitrogens with zero attached hydrogens (tertiary/aromatic N) is 4. The number of aromatic nitrogens is 4. The van der Waals surface area contributed by atoms with Crippen LogP contribution in [0.3, 0.4) is 0 Å². The number of aryl methyl sites for hydroxylation is 1. The SMILES string of the molecule is Cc1ccccc1CSc1nnc2n(Cc3ccccc3)c(=O)c3ccc(C(=O)NC(C)C)cc3n12. The predicted molar refractivity (Wildman–Crippen MR) is 144 cm³/mol. The van der Waals surface area contributed by atoms with Crippen LogP contribution in [0.25, 0.3) is 16.7 Å². The summed E-state index contributed by atoms with van der Waals surface area (Å²) in [6.45, 7) is 6.29. The molecule has 1 N–H and O–H groups in total. The second kappa shape index (κ2) is 9.99. The molecule has 182 valence electrons. The quantitative estimate of drug-likeness (QED) is 0.326. The topological polar surface area (TPSA) is 81.3 Å². The highest BCUT2D eigenvalue weighted by atomic mass is 32.2. The van der Waals surface area contributed by atoms with Crippen molar-refractivity contribution in [3.63, 3.8) is 0 Å². The van der Waals surface area contributed by atoms with Gasteiger partial charge in [0.05, 0.1) is 17.4 Å². The number of hydrogen-bond acceptors (Lipinski definition) is 5. The number of benzene rings is 3. The summed E-state index contributed by atoms with van der Waals surface area (Å²) in [4.78, 5) is 26.4. The first-order chi connectivity index (χ1) is 17.4. The third kappa shape index (κ3) is 4.64. The van der Waals surface area contributed by atoms with E-state index in [4.69, 9.17) is 0 Å². The van der Waals surface area contributed by atoms with Crippen molar-refractivity contribution in [2.45, 2.75) is 44.3 Å². The lowest BCUT2D eigenvalue weighted by molar-refractivity contribution is 0.0943. The fourth-order valence-corrected chi connectivity index (χ4v) is 5.20. The van der Waals surface area contributed by atoms with Crippen molar-refractivity contribution in [1.29, 1.82) is 0 Å². The van der Waals surface area contributed by atoms with Gasteiger partial charge in [-0.05, 0) is 55.7 Å². The maximum atomic E-state index is 13.6. The van der Waals surface area contributed by atoms with Crippen LogP contribution in [-0.2, 0) is 12.3 Å². The molecular formula is C28H27N5O2S. The summed E-state index contributed by atoms with van der Waals surface area (Å²) in [6.07, 6.45) is 0. The molecule has 0 saturated heterocycles. The van der Waals surface area contributed by atoms with E-state index in [1.807, 2.05) is 60.7 Å². The molecule has 0 saturated carbocycles. The van der Waals surface area contributed by atoms with Crippen LogP contribution in [0.4, 0.5) is 0 Å². The summed E-state index contributed by atoms with van der Waals surface area (Å²) in [5.41, 5.74) is 4.34. The Morgan fingerprint density at radius 1 is 1.00 bits per heavy atom. The zero-order valence-corrected chi connectivity index (χ0v) is 21.2. The predicted octanol–water partition coefficient (Wildman–Crippen LogP) is 4.83. The van der Waals surface area contributed by atoms with Crippen LogP contribution in [0.5, 0.6) is 0 Å². The van der Waals surface area contributed by atoms with Gasteiger partial charge in [0.1, 0.15) is 0 Å². The van der Waals surface area contributed by atoms with Gasteiger partial charge in [-0.3, -0.25) is 18.6 Å². The maximum Gasteiger partial charge on any atom is 0.263 e. The minimum Gasteiger partial charge on any atom is -0.350 e. The monoisotopic (exact) mass is 497 g/mol. The van der Waals surface area contributed by atoms with Crippen LogP contribution in [0.1, 0.15) is 40.9 Å². The Hall–Kier alpha value is -3.91. The molecular weight excluding hydrogens is 470 g/mol. The molecule has 0 bridgehead atoms. The maximum absolute atomic E-state index is 13.6. The highest BCUT2D eigenvalue weighted by molar-refractivity contribution is 7.98. The number of fused-ring (bicyclic) bond motifs is 3. The summed E-state index contributed by atoms with van der Waals surface area (Å²) in [7, 11) is 0. The van der Waals surface area contributed by atoms with Gasteiger partial charge in [-0.1, -0.05) is 66.4 Å². The summed E-state index contributed by atoms with van der Waals surface area (Å²) >= 11 is 1.56. The van der Waals surface area contributed by atoms with Crippen LogP contribution in [0.15, 0.2) is 82.7 Å². The van der Waals surface area contributed by atoms with E-state index in [1.54, 1.807) is 34.5 Å². The molecule has 0 aliphatic carbocycles. The van der Waals surface area contributed by atoms with Crippen LogP contribution in [0.2, 0.25) is 0 Å². The van der Waals surface area contributed by atoms with Gasteiger partial charge in [0, 0.05) is 17.4 Å². The Morgan fingerprint density at radius 3 is 2.50 bits per heavy atom. The zero-order valence-electron chi connectivity index (χ0n) is 20.4. The van der Waals surface area contributed by atoms with E-state index in [1.165, 1.54) is 11.1 Å². The van der Waals surface area contributed by atoms with Gasteiger partial charge in [0.15, 0.2) is 5.16 Å². The summed E-state index contributed by atoms with van der Waals surface area (Å²) in [5.74, 6) is 0.973.